The van der Waals surface area contributed by atoms with Crippen molar-refractivity contribution in [2.45, 2.75) is 25.9 Å². The molecule has 0 fully saturated rings. The van der Waals surface area contributed by atoms with Crippen LogP contribution >= 0.6 is 15.9 Å². The van der Waals surface area contributed by atoms with Crippen molar-refractivity contribution in [2.24, 2.45) is 0 Å². The number of benzene rings is 1. The summed E-state index contributed by atoms with van der Waals surface area (Å²) >= 11 is 3.61. The van der Waals surface area contributed by atoms with E-state index in [0.717, 1.165) is 0 Å². The van der Waals surface area contributed by atoms with Gasteiger partial charge in [0.2, 0.25) is 0 Å². The summed E-state index contributed by atoms with van der Waals surface area (Å²) < 4.78 is 6.38. The molecule has 1 aromatic carbocycles. The van der Waals surface area contributed by atoms with Gasteiger partial charge in [0.25, 0.3) is 0 Å². The van der Waals surface area contributed by atoms with Gasteiger partial charge in [-0.1, -0.05) is 22.0 Å². The molecule has 2 heteroatoms. The normalized spacial score (nSPS) is 14.6. The Bertz CT molecular complexity index is 320. The molecule has 1 aromatic rings. The average Bonchev–Trinajstić information content (AvgIpc) is 2.53. The maximum Gasteiger partial charge on any atom is 0.0713 e. The van der Waals surface area contributed by atoms with E-state index in [1.54, 1.807) is 7.11 Å². The van der Waals surface area contributed by atoms with Crippen molar-refractivity contribution in [3.8, 4) is 0 Å². The lowest BCUT2D eigenvalue weighted by molar-refractivity contribution is 0.185. The van der Waals surface area contributed by atoms with E-state index in [2.05, 4.69) is 28.1 Å². The van der Waals surface area contributed by atoms with Crippen LogP contribution in [0.25, 0.3) is 0 Å². The lowest BCUT2D eigenvalue weighted by atomic mass is 10.1. The van der Waals surface area contributed by atoms with Gasteiger partial charge < -0.3 is 4.74 Å². The number of methoxy groups -OCH3 is 1. The third-order valence-electron chi connectivity index (χ3n) is 2.53. The van der Waals surface area contributed by atoms with Gasteiger partial charge in [0, 0.05) is 11.6 Å². The Kier molecular flexibility index (Phi) is 2.70. The molecule has 0 amide bonds. The molecule has 0 aliphatic heterocycles. The second-order valence-corrected chi connectivity index (χ2v) is 4.36. The van der Waals surface area contributed by atoms with Crippen LogP contribution in [0.4, 0.5) is 0 Å². The fraction of sp³-hybridized carbons (Fsp3) is 0.455. The van der Waals surface area contributed by atoms with Crippen LogP contribution in [0.3, 0.4) is 0 Å². The third-order valence-corrected chi connectivity index (χ3v) is 3.24. The van der Waals surface area contributed by atoms with E-state index in [1.165, 1.54) is 40.4 Å². The number of fused-ring (bicyclic) bond motifs is 1. The summed E-state index contributed by atoms with van der Waals surface area (Å²) in [5, 5.41) is 0. The summed E-state index contributed by atoms with van der Waals surface area (Å²) in [5.74, 6) is 0. The average molecular weight is 241 g/mol. The van der Waals surface area contributed by atoms with Crippen LogP contribution in [-0.2, 0) is 24.2 Å². The van der Waals surface area contributed by atoms with Crippen molar-refractivity contribution >= 4 is 15.9 Å². The van der Waals surface area contributed by atoms with Gasteiger partial charge >= 0.3 is 0 Å². The van der Waals surface area contributed by atoms with Crippen LogP contribution in [0.1, 0.15) is 23.1 Å². The van der Waals surface area contributed by atoms with Gasteiger partial charge in [-0.05, 0) is 42.0 Å². The van der Waals surface area contributed by atoms with Crippen molar-refractivity contribution in [1.82, 2.24) is 0 Å². The number of hydrogen-bond donors (Lipinski definition) is 0. The lowest BCUT2D eigenvalue weighted by Crippen LogP contribution is -1.92. The molecule has 0 bridgehead atoms. The SMILES string of the molecule is COCc1cc(Br)c2c(c1)CCC2. The van der Waals surface area contributed by atoms with Crippen LogP contribution in [0.5, 0.6) is 0 Å². The van der Waals surface area contributed by atoms with Crippen molar-refractivity contribution in [1.29, 1.82) is 0 Å². The first kappa shape index (κ1) is 9.22. The maximum absolute atomic E-state index is 5.12. The van der Waals surface area contributed by atoms with Gasteiger partial charge in [-0.3, -0.25) is 0 Å². The van der Waals surface area contributed by atoms with Gasteiger partial charge in [0.05, 0.1) is 6.61 Å². The molecular formula is C11H13BrO. The molecule has 1 aliphatic carbocycles. The summed E-state index contributed by atoms with van der Waals surface area (Å²) in [5.41, 5.74) is 4.27. The number of ether oxygens (including phenoxy) is 1. The second kappa shape index (κ2) is 3.81. The van der Waals surface area contributed by atoms with Gasteiger partial charge in [0.15, 0.2) is 0 Å². The minimum Gasteiger partial charge on any atom is -0.380 e. The van der Waals surface area contributed by atoms with E-state index in [4.69, 9.17) is 4.74 Å². The quantitative estimate of drug-likeness (QED) is 0.773. The number of hydrogen-bond acceptors (Lipinski definition) is 1. The Morgan fingerprint density at radius 1 is 1.38 bits per heavy atom. The largest absolute Gasteiger partial charge is 0.380 e. The molecule has 0 N–H and O–H groups in total. The van der Waals surface area contributed by atoms with Gasteiger partial charge in [-0.2, -0.15) is 0 Å². The molecular weight excluding hydrogens is 228 g/mol. The van der Waals surface area contributed by atoms with Crippen LogP contribution in [0.2, 0.25) is 0 Å². The van der Waals surface area contributed by atoms with E-state index in [9.17, 15) is 0 Å². The predicted molar refractivity (Wildman–Crippen MR) is 56.9 cm³/mol. The molecule has 1 nitrogen and oxygen atoms in total. The Labute approximate surface area is 87.2 Å². The van der Waals surface area contributed by atoms with Gasteiger partial charge in [-0.15, -0.1) is 0 Å². The molecule has 0 spiro atoms. The van der Waals surface area contributed by atoms with E-state index < -0.39 is 0 Å². The second-order valence-electron chi connectivity index (χ2n) is 3.50. The minimum absolute atomic E-state index is 0.714. The Morgan fingerprint density at radius 3 is 3.00 bits per heavy atom. The van der Waals surface area contributed by atoms with Gasteiger partial charge in [-0.25, -0.2) is 0 Å². The summed E-state index contributed by atoms with van der Waals surface area (Å²) in [7, 11) is 1.74. The first-order valence-corrected chi connectivity index (χ1v) is 5.39. The highest BCUT2D eigenvalue weighted by atomic mass is 79.9. The van der Waals surface area contributed by atoms with E-state index in [-0.39, 0.29) is 0 Å². The van der Waals surface area contributed by atoms with Crippen LogP contribution < -0.4 is 0 Å². The maximum atomic E-state index is 5.12. The van der Waals surface area contributed by atoms with Crippen molar-refractivity contribution in [3.05, 3.63) is 33.3 Å². The molecule has 0 aromatic heterocycles. The molecule has 0 saturated carbocycles. The fourth-order valence-corrected chi connectivity index (χ4v) is 2.71. The summed E-state index contributed by atoms with van der Waals surface area (Å²) in [6.07, 6.45) is 3.75. The van der Waals surface area contributed by atoms with Gasteiger partial charge in [0.1, 0.15) is 0 Å². The molecule has 2 rings (SSSR count). The fourth-order valence-electron chi connectivity index (χ4n) is 1.96. The number of rotatable bonds is 2. The number of aryl methyl sites for hydroxylation is 1. The molecule has 0 saturated heterocycles. The first-order valence-electron chi connectivity index (χ1n) is 4.60. The standard InChI is InChI=1S/C11H13BrO/c1-13-7-8-5-9-3-2-4-10(9)11(12)6-8/h5-6H,2-4,7H2,1H3. The summed E-state index contributed by atoms with van der Waals surface area (Å²) in [4.78, 5) is 0. The van der Waals surface area contributed by atoms with E-state index in [1.807, 2.05) is 0 Å². The molecule has 0 atom stereocenters. The van der Waals surface area contributed by atoms with Crippen LogP contribution in [0, 0.1) is 0 Å². The predicted octanol–water partition coefficient (Wildman–Crippen LogP) is 3.08. The van der Waals surface area contributed by atoms with E-state index in [0.29, 0.717) is 6.61 Å². The highest BCUT2D eigenvalue weighted by molar-refractivity contribution is 9.10. The molecule has 0 radical (unpaired) electrons. The van der Waals surface area contributed by atoms with Crippen LogP contribution in [0.15, 0.2) is 16.6 Å². The van der Waals surface area contributed by atoms with Crippen molar-refractivity contribution in [2.75, 3.05) is 7.11 Å². The highest BCUT2D eigenvalue weighted by Crippen LogP contribution is 2.30. The topological polar surface area (TPSA) is 9.23 Å². The minimum atomic E-state index is 0.714. The van der Waals surface area contributed by atoms with Crippen LogP contribution in [-0.4, -0.2) is 7.11 Å². The highest BCUT2D eigenvalue weighted by Gasteiger charge is 2.14. The Morgan fingerprint density at radius 2 is 2.23 bits per heavy atom. The first-order chi connectivity index (χ1) is 6.31. The smallest absolute Gasteiger partial charge is 0.0713 e. The Hall–Kier alpha value is -0.340. The zero-order chi connectivity index (χ0) is 9.26. The molecule has 13 heavy (non-hydrogen) atoms. The summed E-state index contributed by atoms with van der Waals surface area (Å²) in [6, 6.07) is 4.45. The van der Waals surface area contributed by atoms with Crippen molar-refractivity contribution < 1.29 is 4.74 Å². The molecule has 70 valence electrons. The molecule has 0 unspecified atom stereocenters. The zero-order valence-corrected chi connectivity index (χ0v) is 9.36. The lowest BCUT2D eigenvalue weighted by Gasteiger charge is -2.06. The zero-order valence-electron chi connectivity index (χ0n) is 7.77. The monoisotopic (exact) mass is 240 g/mol. The summed E-state index contributed by atoms with van der Waals surface area (Å²) in [6.45, 7) is 0.714. The molecule has 1 aliphatic rings. The van der Waals surface area contributed by atoms with E-state index >= 15 is 0 Å². The number of halogens is 1. The Balaban J connectivity index is 2.37. The molecule has 0 heterocycles. The third kappa shape index (κ3) is 1.79. The van der Waals surface area contributed by atoms with Crippen molar-refractivity contribution in [3.63, 3.8) is 0 Å².